The average molecular weight is 466 g/mol. The van der Waals surface area contributed by atoms with E-state index in [-0.39, 0.29) is 22.8 Å². The van der Waals surface area contributed by atoms with Crippen LogP contribution in [0.25, 0.3) is 27.9 Å². The predicted molar refractivity (Wildman–Crippen MR) is 114 cm³/mol. The summed E-state index contributed by atoms with van der Waals surface area (Å²) in [5.41, 5.74) is 0.937. The first-order valence-electron chi connectivity index (χ1n) is 9.47. The number of aliphatic hydroxyl groups is 1. The molecule has 1 atom stereocenters. The quantitative estimate of drug-likeness (QED) is 0.254. The highest BCUT2D eigenvalue weighted by molar-refractivity contribution is 7.95. The maximum atomic E-state index is 13.3. The van der Waals surface area contributed by atoms with Crippen LogP contribution in [0.5, 0.6) is 0 Å². The summed E-state index contributed by atoms with van der Waals surface area (Å²) in [6, 6.07) is 9.29. The molecule has 4 aromatic rings. The number of halogens is 3. The van der Waals surface area contributed by atoms with Gasteiger partial charge in [-0.05, 0) is 34.9 Å². The minimum Gasteiger partial charge on any atom is -0.396 e. The van der Waals surface area contributed by atoms with Gasteiger partial charge in [0.05, 0.1) is 28.5 Å². The molecule has 1 unspecified atom stereocenters. The first-order chi connectivity index (χ1) is 15.1. The Morgan fingerprint density at radius 2 is 1.97 bits per heavy atom. The van der Waals surface area contributed by atoms with Crippen LogP contribution in [0.1, 0.15) is 12.0 Å². The van der Waals surface area contributed by atoms with Gasteiger partial charge in [0.1, 0.15) is 0 Å². The van der Waals surface area contributed by atoms with Gasteiger partial charge in [-0.1, -0.05) is 12.1 Å². The molecule has 32 heavy (non-hydrogen) atoms. The van der Waals surface area contributed by atoms with E-state index in [0.717, 1.165) is 12.1 Å². The summed E-state index contributed by atoms with van der Waals surface area (Å²) in [6.07, 6.45) is -2.63. The molecule has 4 rings (SSSR count). The highest BCUT2D eigenvalue weighted by Crippen LogP contribution is 2.34. The molecule has 0 fully saturated rings. The van der Waals surface area contributed by atoms with Crippen LogP contribution in [0.4, 0.5) is 19.0 Å². The molecule has 0 amide bonds. The van der Waals surface area contributed by atoms with E-state index in [9.17, 15) is 21.9 Å². The van der Waals surface area contributed by atoms with Crippen molar-refractivity contribution in [2.24, 2.45) is 5.14 Å². The van der Waals surface area contributed by atoms with Crippen molar-refractivity contribution in [3.63, 3.8) is 0 Å². The molecule has 0 aliphatic rings. The first-order valence-corrected chi connectivity index (χ1v) is 11.1. The van der Waals surface area contributed by atoms with Gasteiger partial charge in [0.25, 0.3) is 0 Å². The number of rotatable bonds is 6. The van der Waals surface area contributed by atoms with Crippen LogP contribution in [-0.4, -0.2) is 37.2 Å². The average Bonchev–Trinajstić information content (AvgIpc) is 3.18. The molecule has 12 heteroatoms. The van der Waals surface area contributed by atoms with Crippen molar-refractivity contribution >= 4 is 32.9 Å². The Balaban J connectivity index is 1.98. The molecule has 0 aliphatic heterocycles. The molecule has 2 heterocycles. The van der Waals surface area contributed by atoms with E-state index in [1.165, 1.54) is 24.4 Å². The van der Waals surface area contributed by atoms with E-state index in [1.807, 2.05) is 0 Å². The molecular formula is C20H19F3N5O3S+. The van der Waals surface area contributed by atoms with Crippen molar-refractivity contribution in [2.45, 2.75) is 17.5 Å². The normalized spacial score (nSPS) is 14.1. The number of hydrogen-bond acceptors (Lipinski definition) is 5. The molecule has 168 valence electrons. The van der Waals surface area contributed by atoms with Crippen LogP contribution in [0.2, 0.25) is 0 Å². The van der Waals surface area contributed by atoms with Gasteiger partial charge >= 0.3 is 16.6 Å². The van der Waals surface area contributed by atoms with Gasteiger partial charge in [-0.15, -0.1) is 5.14 Å². The number of fused-ring (bicyclic) bond motifs is 3. The monoisotopic (exact) mass is 466 g/mol. The lowest BCUT2D eigenvalue weighted by Crippen LogP contribution is -2.20. The maximum Gasteiger partial charge on any atom is 0.416 e. The third kappa shape index (κ3) is 4.17. The van der Waals surface area contributed by atoms with Gasteiger partial charge in [0.2, 0.25) is 4.90 Å². The van der Waals surface area contributed by atoms with Gasteiger partial charge in [-0.3, -0.25) is 4.40 Å². The van der Waals surface area contributed by atoms with E-state index in [1.54, 1.807) is 16.5 Å². The van der Waals surface area contributed by atoms with Crippen LogP contribution in [-0.2, 0) is 20.8 Å². The van der Waals surface area contributed by atoms with Crippen LogP contribution in [0.15, 0.2) is 53.6 Å². The molecule has 8 nitrogen and oxygen atoms in total. The second-order valence-corrected chi connectivity index (χ2v) is 8.67. The Labute approximate surface area is 181 Å². The summed E-state index contributed by atoms with van der Waals surface area (Å²) in [5, 5.41) is 17.4. The SMILES string of the molecule is N[S+](=O)(O)c1cccc(-c2cnc3c(NCCCO)nc4cc(C(F)(F)F)ccc4n23)c1. The predicted octanol–water partition coefficient (Wildman–Crippen LogP) is 3.57. The number of benzene rings is 2. The third-order valence-electron chi connectivity index (χ3n) is 4.84. The Kier molecular flexibility index (Phi) is 5.63. The maximum absolute atomic E-state index is 13.3. The highest BCUT2D eigenvalue weighted by atomic mass is 32.3. The van der Waals surface area contributed by atoms with Crippen molar-refractivity contribution in [2.75, 3.05) is 18.5 Å². The number of nitrogens with zero attached hydrogens (tertiary/aromatic N) is 3. The number of aliphatic hydroxyl groups excluding tert-OH is 1. The number of aromatic nitrogens is 3. The second-order valence-electron chi connectivity index (χ2n) is 7.06. The molecule has 0 radical (unpaired) electrons. The Morgan fingerprint density at radius 1 is 1.19 bits per heavy atom. The molecule has 2 aromatic carbocycles. The third-order valence-corrected chi connectivity index (χ3v) is 5.77. The van der Waals surface area contributed by atoms with E-state index in [4.69, 9.17) is 10.2 Å². The summed E-state index contributed by atoms with van der Waals surface area (Å²) in [4.78, 5) is 8.71. The smallest absolute Gasteiger partial charge is 0.396 e. The minimum absolute atomic E-state index is 0.00367. The zero-order chi connectivity index (χ0) is 23.1. The van der Waals surface area contributed by atoms with E-state index >= 15 is 0 Å². The molecule has 0 bridgehead atoms. The topological polar surface area (TPSA) is 126 Å². The molecule has 0 spiro atoms. The van der Waals surface area contributed by atoms with E-state index < -0.39 is 22.1 Å². The van der Waals surface area contributed by atoms with Crippen molar-refractivity contribution in [3.05, 3.63) is 54.2 Å². The van der Waals surface area contributed by atoms with Crippen LogP contribution < -0.4 is 10.5 Å². The molecule has 0 saturated carbocycles. The van der Waals surface area contributed by atoms with Gasteiger partial charge in [0, 0.05) is 24.8 Å². The minimum atomic E-state index is -4.54. The fourth-order valence-corrected chi connectivity index (χ4v) is 3.93. The Hall–Kier alpha value is -3.06. The number of nitrogens with one attached hydrogen (secondary N) is 1. The van der Waals surface area contributed by atoms with Crippen LogP contribution >= 0.6 is 0 Å². The second kappa shape index (κ2) is 8.13. The summed E-state index contributed by atoms with van der Waals surface area (Å²) < 4.78 is 63.0. The van der Waals surface area contributed by atoms with Gasteiger partial charge in [-0.2, -0.15) is 17.7 Å². The number of nitrogens with two attached hydrogens (primary N) is 1. The van der Waals surface area contributed by atoms with Crippen molar-refractivity contribution in [1.29, 1.82) is 0 Å². The van der Waals surface area contributed by atoms with Crippen molar-refractivity contribution in [1.82, 2.24) is 14.4 Å². The lowest BCUT2D eigenvalue weighted by atomic mass is 10.1. The van der Waals surface area contributed by atoms with Crippen LogP contribution in [0.3, 0.4) is 0 Å². The van der Waals surface area contributed by atoms with E-state index in [0.29, 0.717) is 35.4 Å². The first kappa shape index (κ1) is 22.1. The van der Waals surface area contributed by atoms with Gasteiger partial charge in [-0.25, -0.2) is 9.97 Å². The van der Waals surface area contributed by atoms with Crippen molar-refractivity contribution < 1.29 is 27.0 Å². The van der Waals surface area contributed by atoms with E-state index in [2.05, 4.69) is 15.3 Å². The van der Waals surface area contributed by atoms with Gasteiger partial charge in [0.15, 0.2) is 11.5 Å². The molecule has 0 saturated heterocycles. The lowest BCUT2D eigenvalue weighted by molar-refractivity contribution is -0.137. The lowest BCUT2D eigenvalue weighted by Gasteiger charge is -2.13. The molecule has 2 aromatic heterocycles. The largest absolute Gasteiger partial charge is 0.416 e. The van der Waals surface area contributed by atoms with Crippen LogP contribution in [0, 0.1) is 0 Å². The van der Waals surface area contributed by atoms with Crippen molar-refractivity contribution in [3.8, 4) is 11.3 Å². The Morgan fingerprint density at radius 3 is 2.66 bits per heavy atom. The highest BCUT2D eigenvalue weighted by Gasteiger charge is 2.31. The fraction of sp³-hybridized carbons (Fsp3) is 0.200. The summed E-state index contributed by atoms with van der Waals surface area (Å²) >= 11 is 0. The van der Waals surface area contributed by atoms with Gasteiger partial charge < -0.3 is 10.4 Å². The molecule has 5 N–H and O–H groups in total. The Bertz CT molecular complexity index is 1350. The summed E-state index contributed by atoms with van der Waals surface area (Å²) in [7, 11) is -3.71. The zero-order valence-electron chi connectivity index (χ0n) is 16.5. The zero-order valence-corrected chi connectivity index (χ0v) is 17.3. The summed E-state index contributed by atoms with van der Waals surface area (Å²) in [5.74, 6) is 0.248. The number of imidazole rings is 1. The fourth-order valence-electron chi connectivity index (χ4n) is 3.36. The number of hydrogen-bond donors (Lipinski definition) is 4. The molecular weight excluding hydrogens is 447 g/mol. The molecule has 0 aliphatic carbocycles. The number of alkyl halides is 3. The number of anilines is 1. The summed E-state index contributed by atoms with van der Waals surface area (Å²) in [6.45, 7) is 0.266. The standard InChI is InChI=1S/C20H18F3N5O3S/c21-20(22,23)13-5-6-16-15(10-13)27-18(25-7-2-8-29)19-26-11-17(28(16)19)12-3-1-4-14(9-12)32(24,30)31/h1,3-6,9-11,29H,2,7-8H2,(H3-,24,25,27,30,31)/p+1.